The minimum Gasteiger partial charge on any atom is -0.277 e. The van der Waals surface area contributed by atoms with Crippen molar-refractivity contribution in [2.75, 3.05) is 4.90 Å². The Labute approximate surface area is 155 Å². The van der Waals surface area contributed by atoms with Gasteiger partial charge in [0.05, 0.1) is 26.8 Å². The lowest BCUT2D eigenvalue weighted by atomic mass is 10.3. The molecule has 0 aliphatic carbocycles. The summed E-state index contributed by atoms with van der Waals surface area (Å²) in [5.74, 6) is -0.772. The van der Waals surface area contributed by atoms with Crippen molar-refractivity contribution in [2.45, 2.75) is 0 Å². The maximum atomic E-state index is 13.0. The molecule has 2 aromatic heterocycles. The van der Waals surface area contributed by atoms with Crippen LogP contribution in [0.15, 0.2) is 42.5 Å². The number of aromatic nitrogens is 2. The smallest absolute Gasteiger partial charge is 0.277 e. The third-order valence-electron chi connectivity index (χ3n) is 4.13. The first-order valence-electron chi connectivity index (χ1n) is 7.30. The lowest BCUT2D eigenvalue weighted by Gasteiger charge is -2.14. The number of rotatable bonds is 1. The molecule has 0 saturated carbocycles. The Balaban J connectivity index is 1.74. The van der Waals surface area contributed by atoms with E-state index in [1.54, 1.807) is 16.5 Å². The molecule has 0 unspecified atom stereocenters. The fourth-order valence-corrected chi connectivity index (χ4v) is 4.38. The molecule has 0 radical (unpaired) electrons. The standard InChI is InChI=1S/C17H7Cl2N3O2S/c18-9-6-5-8(7-10(9)19)21-15(23)13-14(16(21)24)25-17-20-11-3-1-2-4-12(11)22(13)17/h1-7H. The molecular formula is C17H7Cl2N3O2S. The zero-order chi connectivity index (χ0) is 17.3. The SMILES string of the molecule is O=C1c2sc3nc4ccccc4n3c2C(=O)N1c1ccc(Cl)c(Cl)c1. The highest BCUT2D eigenvalue weighted by Gasteiger charge is 2.41. The zero-order valence-electron chi connectivity index (χ0n) is 12.4. The number of imidazole rings is 1. The summed E-state index contributed by atoms with van der Waals surface area (Å²) in [6, 6.07) is 12.2. The molecule has 1 aliphatic rings. The second-order valence-corrected chi connectivity index (χ2v) is 7.33. The topological polar surface area (TPSA) is 54.7 Å². The van der Waals surface area contributed by atoms with Gasteiger partial charge in [-0.05, 0) is 30.3 Å². The highest BCUT2D eigenvalue weighted by molar-refractivity contribution is 7.19. The van der Waals surface area contributed by atoms with E-state index in [9.17, 15) is 9.59 Å². The van der Waals surface area contributed by atoms with Crippen molar-refractivity contribution >= 4 is 68.0 Å². The molecular weight excluding hydrogens is 381 g/mol. The van der Waals surface area contributed by atoms with Crippen LogP contribution in [0.1, 0.15) is 20.2 Å². The third kappa shape index (κ3) is 1.93. The highest BCUT2D eigenvalue weighted by Crippen LogP contribution is 2.37. The molecule has 0 spiro atoms. The third-order valence-corrected chi connectivity index (χ3v) is 5.89. The number of para-hydroxylation sites is 2. The average Bonchev–Trinajstić information content (AvgIpc) is 3.20. The predicted octanol–water partition coefficient (Wildman–Crippen LogP) is 4.66. The van der Waals surface area contributed by atoms with E-state index in [0.717, 1.165) is 15.9 Å². The molecule has 2 aromatic carbocycles. The summed E-state index contributed by atoms with van der Waals surface area (Å²) < 4.78 is 1.74. The molecule has 0 saturated heterocycles. The second-order valence-electron chi connectivity index (χ2n) is 5.54. The van der Waals surface area contributed by atoms with Gasteiger partial charge < -0.3 is 0 Å². The number of imide groups is 1. The summed E-state index contributed by atoms with van der Waals surface area (Å²) in [5.41, 5.74) is 2.31. The van der Waals surface area contributed by atoms with Crippen molar-refractivity contribution in [3.63, 3.8) is 0 Å². The molecule has 122 valence electrons. The van der Waals surface area contributed by atoms with Gasteiger partial charge in [-0.2, -0.15) is 0 Å². The van der Waals surface area contributed by atoms with E-state index < -0.39 is 5.91 Å². The average molecular weight is 388 g/mol. The maximum Gasteiger partial charge on any atom is 0.284 e. The number of carbonyl (C=O) groups excluding carboxylic acids is 2. The van der Waals surface area contributed by atoms with Gasteiger partial charge in [0.2, 0.25) is 0 Å². The van der Waals surface area contributed by atoms with Gasteiger partial charge in [0, 0.05) is 0 Å². The molecule has 0 fully saturated rings. The van der Waals surface area contributed by atoms with Crippen molar-refractivity contribution in [2.24, 2.45) is 0 Å². The van der Waals surface area contributed by atoms with Gasteiger partial charge in [-0.1, -0.05) is 46.7 Å². The van der Waals surface area contributed by atoms with Crippen molar-refractivity contribution in [1.29, 1.82) is 0 Å². The van der Waals surface area contributed by atoms with Crippen LogP contribution in [0, 0.1) is 0 Å². The molecule has 5 rings (SSSR count). The van der Waals surface area contributed by atoms with Gasteiger partial charge in [0.25, 0.3) is 11.8 Å². The minimum absolute atomic E-state index is 0.285. The Morgan fingerprint density at radius 1 is 0.960 bits per heavy atom. The van der Waals surface area contributed by atoms with E-state index in [1.807, 2.05) is 24.3 Å². The summed E-state index contributed by atoms with van der Waals surface area (Å²) >= 11 is 13.2. The Morgan fingerprint density at radius 3 is 2.56 bits per heavy atom. The lowest BCUT2D eigenvalue weighted by Crippen LogP contribution is -2.29. The van der Waals surface area contributed by atoms with Gasteiger partial charge in [0.15, 0.2) is 4.96 Å². The second kappa shape index (κ2) is 5.05. The number of hydrogen-bond acceptors (Lipinski definition) is 4. The number of benzene rings is 2. The van der Waals surface area contributed by atoms with Crippen LogP contribution >= 0.6 is 34.5 Å². The first-order chi connectivity index (χ1) is 12.1. The molecule has 4 aromatic rings. The highest BCUT2D eigenvalue weighted by atomic mass is 35.5. The number of nitrogens with zero attached hydrogens (tertiary/aromatic N) is 3. The molecule has 0 bridgehead atoms. The largest absolute Gasteiger partial charge is 0.284 e. The van der Waals surface area contributed by atoms with Crippen LogP contribution < -0.4 is 4.90 Å². The van der Waals surface area contributed by atoms with E-state index in [2.05, 4.69) is 4.98 Å². The number of carbonyl (C=O) groups is 2. The van der Waals surface area contributed by atoms with Crippen LogP contribution in [0.4, 0.5) is 5.69 Å². The zero-order valence-corrected chi connectivity index (χ0v) is 14.7. The minimum atomic E-state index is -0.396. The van der Waals surface area contributed by atoms with Gasteiger partial charge in [-0.25, -0.2) is 9.88 Å². The molecule has 0 atom stereocenters. The Bertz CT molecular complexity index is 1230. The van der Waals surface area contributed by atoms with Crippen LogP contribution in [-0.4, -0.2) is 21.2 Å². The fourth-order valence-electron chi connectivity index (χ4n) is 3.03. The van der Waals surface area contributed by atoms with E-state index in [0.29, 0.717) is 26.2 Å². The molecule has 0 N–H and O–H groups in total. The number of fused-ring (bicyclic) bond motifs is 5. The van der Waals surface area contributed by atoms with Crippen LogP contribution in [0.5, 0.6) is 0 Å². The molecule has 1 aliphatic heterocycles. The first kappa shape index (κ1) is 14.9. The van der Waals surface area contributed by atoms with Gasteiger partial charge >= 0.3 is 0 Å². The Kier molecular flexibility index (Phi) is 3.01. The van der Waals surface area contributed by atoms with Gasteiger partial charge in [-0.3, -0.25) is 14.0 Å². The Hall–Kier alpha value is -2.41. The van der Waals surface area contributed by atoms with Crippen molar-refractivity contribution in [3.05, 3.63) is 63.1 Å². The molecule has 5 nitrogen and oxygen atoms in total. The van der Waals surface area contributed by atoms with Crippen LogP contribution in [0.25, 0.3) is 16.0 Å². The van der Waals surface area contributed by atoms with Gasteiger partial charge in [-0.15, -0.1) is 0 Å². The summed E-state index contributed by atoms with van der Waals surface area (Å²) in [5, 5.41) is 0.649. The lowest BCUT2D eigenvalue weighted by molar-refractivity contribution is 0.0925. The molecule has 2 amide bonds. The van der Waals surface area contributed by atoms with Crippen LogP contribution in [0.3, 0.4) is 0 Å². The maximum absolute atomic E-state index is 13.0. The van der Waals surface area contributed by atoms with Crippen LogP contribution in [-0.2, 0) is 0 Å². The first-order valence-corrected chi connectivity index (χ1v) is 8.87. The number of amides is 2. The Morgan fingerprint density at radius 2 is 1.76 bits per heavy atom. The summed E-state index contributed by atoms with van der Waals surface area (Å²) in [6.45, 7) is 0. The quantitative estimate of drug-likeness (QED) is 0.446. The summed E-state index contributed by atoms with van der Waals surface area (Å²) in [6.07, 6.45) is 0. The van der Waals surface area contributed by atoms with E-state index >= 15 is 0 Å². The normalized spacial score (nSPS) is 14.1. The van der Waals surface area contributed by atoms with E-state index in [4.69, 9.17) is 23.2 Å². The monoisotopic (exact) mass is 387 g/mol. The van der Waals surface area contributed by atoms with Crippen molar-refractivity contribution < 1.29 is 9.59 Å². The molecule has 3 heterocycles. The van der Waals surface area contributed by atoms with Gasteiger partial charge in [0.1, 0.15) is 10.6 Å². The summed E-state index contributed by atoms with van der Waals surface area (Å²) in [4.78, 5) is 32.4. The van der Waals surface area contributed by atoms with Crippen LogP contribution in [0.2, 0.25) is 10.0 Å². The van der Waals surface area contributed by atoms with Crippen molar-refractivity contribution in [3.8, 4) is 0 Å². The molecule has 8 heteroatoms. The summed E-state index contributed by atoms with van der Waals surface area (Å²) in [7, 11) is 0. The molecule has 25 heavy (non-hydrogen) atoms. The predicted molar refractivity (Wildman–Crippen MR) is 98.2 cm³/mol. The number of halogens is 2. The van der Waals surface area contributed by atoms with Crippen molar-refractivity contribution in [1.82, 2.24) is 9.38 Å². The number of hydrogen-bond donors (Lipinski definition) is 0. The number of anilines is 1. The van der Waals surface area contributed by atoms with E-state index in [1.165, 1.54) is 17.4 Å². The number of thiazole rings is 1. The van der Waals surface area contributed by atoms with E-state index in [-0.39, 0.29) is 10.9 Å². The fraction of sp³-hybridized carbons (Fsp3) is 0.